The third-order valence-corrected chi connectivity index (χ3v) is 8.31. The van der Waals surface area contributed by atoms with E-state index in [2.05, 4.69) is 13.8 Å². The lowest BCUT2D eigenvalue weighted by Gasteiger charge is -2.59. The van der Waals surface area contributed by atoms with Crippen molar-refractivity contribution in [3.05, 3.63) is 0 Å². The highest BCUT2D eigenvalue weighted by atomic mass is 19.1. The molecule has 4 rings (SSSR count). The van der Waals surface area contributed by atoms with Gasteiger partial charge < -0.3 is 0 Å². The molecule has 7 atom stereocenters. The Morgan fingerprint density at radius 3 is 2.62 bits per heavy atom. The molecule has 21 heavy (non-hydrogen) atoms. The minimum atomic E-state index is -0.554. The first-order chi connectivity index (χ1) is 9.95. The summed E-state index contributed by atoms with van der Waals surface area (Å²) in [5.74, 6) is 3.26. The molecule has 2 heteroatoms. The lowest BCUT2D eigenvalue weighted by Crippen LogP contribution is -2.53. The smallest absolute Gasteiger partial charge is 0.139 e. The average molecular weight is 292 g/mol. The molecule has 0 heterocycles. The van der Waals surface area contributed by atoms with Crippen molar-refractivity contribution in [2.45, 2.75) is 77.8 Å². The van der Waals surface area contributed by atoms with E-state index in [1.807, 2.05) is 0 Å². The molecule has 2 unspecified atom stereocenters. The summed E-state index contributed by atoms with van der Waals surface area (Å²) in [5, 5.41) is 0. The maximum Gasteiger partial charge on any atom is 0.139 e. The maximum atomic E-state index is 13.8. The SMILES string of the molecule is C[C@]12CCC(F)CC1CC[C@@H]1[C@H]2CC[C@]2(C)C(=O)CC[C@@H]12. The number of rotatable bonds is 0. The van der Waals surface area contributed by atoms with E-state index in [0.717, 1.165) is 50.4 Å². The molecular formula is C19H29FO. The largest absolute Gasteiger partial charge is 0.299 e. The number of hydrogen-bond acceptors (Lipinski definition) is 1. The predicted octanol–water partition coefficient (Wildman–Crippen LogP) is 4.94. The molecule has 0 radical (unpaired) electrons. The molecule has 0 aromatic rings. The van der Waals surface area contributed by atoms with Crippen molar-refractivity contribution in [3.63, 3.8) is 0 Å². The molecule has 4 aliphatic carbocycles. The summed E-state index contributed by atoms with van der Waals surface area (Å²) in [7, 11) is 0. The molecule has 118 valence electrons. The van der Waals surface area contributed by atoms with Crippen molar-refractivity contribution >= 4 is 5.78 Å². The van der Waals surface area contributed by atoms with Crippen molar-refractivity contribution in [1.82, 2.24) is 0 Å². The summed E-state index contributed by atoms with van der Waals surface area (Å²) >= 11 is 0. The molecule has 1 nitrogen and oxygen atoms in total. The van der Waals surface area contributed by atoms with Crippen LogP contribution in [0, 0.1) is 34.5 Å². The fraction of sp³-hybridized carbons (Fsp3) is 0.947. The van der Waals surface area contributed by atoms with Crippen LogP contribution in [0.4, 0.5) is 4.39 Å². The average Bonchev–Trinajstić information content (AvgIpc) is 2.76. The monoisotopic (exact) mass is 292 g/mol. The van der Waals surface area contributed by atoms with Gasteiger partial charge in [0.15, 0.2) is 0 Å². The number of hydrogen-bond donors (Lipinski definition) is 0. The van der Waals surface area contributed by atoms with Gasteiger partial charge in [-0.1, -0.05) is 13.8 Å². The first-order valence-electron chi connectivity index (χ1n) is 9.12. The summed E-state index contributed by atoms with van der Waals surface area (Å²) in [6.07, 6.45) is 8.83. The molecule has 0 spiro atoms. The van der Waals surface area contributed by atoms with Crippen LogP contribution in [0.25, 0.3) is 0 Å². The van der Waals surface area contributed by atoms with Gasteiger partial charge in [0.05, 0.1) is 0 Å². The number of carbonyl (C=O) groups is 1. The molecule has 0 bridgehead atoms. The van der Waals surface area contributed by atoms with E-state index in [-0.39, 0.29) is 5.41 Å². The summed E-state index contributed by atoms with van der Waals surface area (Å²) in [6.45, 7) is 4.70. The van der Waals surface area contributed by atoms with Crippen LogP contribution in [-0.2, 0) is 4.79 Å². The summed E-state index contributed by atoms with van der Waals surface area (Å²) in [6, 6.07) is 0. The van der Waals surface area contributed by atoms with Crippen LogP contribution in [0.1, 0.15) is 71.6 Å². The van der Waals surface area contributed by atoms with Gasteiger partial charge in [-0.05, 0) is 80.5 Å². The van der Waals surface area contributed by atoms with Crippen molar-refractivity contribution in [2.24, 2.45) is 34.5 Å². The number of fused-ring (bicyclic) bond motifs is 5. The maximum absolute atomic E-state index is 13.8. The van der Waals surface area contributed by atoms with E-state index in [1.165, 1.54) is 19.3 Å². The Morgan fingerprint density at radius 1 is 1.00 bits per heavy atom. The zero-order valence-electron chi connectivity index (χ0n) is 13.5. The first kappa shape index (κ1) is 14.2. The number of ketones is 1. The zero-order chi connectivity index (χ0) is 14.8. The Labute approximate surface area is 128 Å². The first-order valence-corrected chi connectivity index (χ1v) is 9.12. The van der Waals surface area contributed by atoms with Crippen LogP contribution in [-0.4, -0.2) is 12.0 Å². The molecule has 4 fully saturated rings. The standard InChI is InChI=1S/C19H29FO/c1-18-9-7-13(20)11-12(18)3-4-14-15-5-6-17(21)19(15,2)10-8-16(14)18/h12-16H,3-11H2,1-2H3/t12?,13?,14-,15-,16+,18-,19-/m0/s1. The van der Waals surface area contributed by atoms with Gasteiger partial charge in [-0.3, -0.25) is 4.79 Å². The van der Waals surface area contributed by atoms with Gasteiger partial charge in [-0.25, -0.2) is 4.39 Å². The summed E-state index contributed by atoms with van der Waals surface area (Å²) in [4.78, 5) is 12.4. The lowest BCUT2D eigenvalue weighted by atomic mass is 9.45. The molecule has 0 saturated heterocycles. The summed E-state index contributed by atoms with van der Waals surface area (Å²) in [5.41, 5.74) is 0.347. The molecule has 4 aliphatic rings. The Bertz CT molecular complexity index is 460. The highest BCUT2D eigenvalue weighted by Crippen LogP contribution is 2.65. The van der Waals surface area contributed by atoms with E-state index in [1.54, 1.807) is 0 Å². The van der Waals surface area contributed by atoms with Crippen molar-refractivity contribution in [3.8, 4) is 0 Å². The molecule has 4 saturated carbocycles. The third kappa shape index (κ3) is 1.83. The summed E-state index contributed by atoms with van der Waals surface area (Å²) < 4.78 is 13.8. The number of halogens is 1. The van der Waals surface area contributed by atoms with E-state index < -0.39 is 6.17 Å². The number of alkyl halides is 1. The highest BCUT2D eigenvalue weighted by molar-refractivity contribution is 5.87. The van der Waals surface area contributed by atoms with Crippen molar-refractivity contribution < 1.29 is 9.18 Å². The van der Waals surface area contributed by atoms with E-state index >= 15 is 0 Å². The van der Waals surface area contributed by atoms with Crippen LogP contribution >= 0.6 is 0 Å². The Hall–Kier alpha value is -0.400. The van der Waals surface area contributed by atoms with Gasteiger partial charge >= 0.3 is 0 Å². The molecule has 0 aliphatic heterocycles. The van der Waals surface area contributed by atoms with Gasteiger partial charge in [0.25, 0.3) is 0 Å². The second kappa shape index (κ2) is 4.55. The molecule has 0 aromatic carbocycles. The van der Waals surface area contributed by atoms with E-state index in [4.69, 9.17) is 0 Å². The second-order valence-electron chi connectivity index (χ2n) is 8.95. The minimum Gasteiger partial charge on any atom is -0.299 e. The Morgan fingerprint density at radius 2 is 1.81 bits per heavy atom. The van der Waals surface area contributed by atoms with Crippen molar-refractivity contribution in [1.29, 1.82) is 0 Å². The van der Waals surface area contributed by atoms with Crippen LogP contribution in [0.15, 0.2) is 0 Å². The topological polar surface area (TPSA) is 17.1 Å². The molecule has 0 N–H and O–H groups in total. The Balaban J connectivity index is 1.64. The lowest BCUT2D eigenvalue weighted by molar-refractivity contribution is -0.140. The highest BCUT2D eigenvalue weighted by Gasteiger charge is 2.60. The third-order valence-electron chi connectivity index (χ3n) is 8.31. The van der Waals surface area contributed by atoms with Crippen LogP contribution in [0.5, 0.6) is 0 Å². The predicted molar refractivity (Wildman–Crippen MR) is 81.6 cm³/mol. The van der Waals surface area contributed by atoms with Gasteiger partial charge in [0.2, 0.25) is 0 Å². The minimum absolute atomic E-state index is 0.0122. The molecule has 0 amide bonds. The molecule has 0 aromatic heterocycles. The van der Waals surface area contributed by atoms with E-state index in [9.17, 15) is 9.18 Å². The molecular weight excluding hydrogens is 263 g/mol. The van der Waals surface area contributed by atoms with Gasteiger partial charge in [0.1, 0.15) is 12.0 Å². The second-order valence-corrected chi connectivity index (χ2v) is 8.95. The van der Waals surface area contributed by atoms with Crippen LogP contribution in [0.2, 0.25) is 0 Å². The quantitative estimate of drug-likeness (QED) is 0.618. The normalized spacial score (nSPS) is 56.5. The number of Topliss-reactive ketones (excluding diaryl/α,β-unsaturated/α-hetero) is 1. The fourth-order valence-electron chi connectivity index (χ4n) is 6.98. The van der Waals surface area contributed by atoms with E-state index in [0.29, 0.717) is 23.0 Å². The van der Waals surface area contributed by atoms with Crippen LogP contribution in [0.3, 0.4) is 0 Å². The zero-order valence-corrected chi connectivity index (χ0v) is 13.5. The Kier molecular flexibility index (Phi) is 3.08. The van der Waals surface area contributed by atoms with Gasteiger partial charge in [0, 0.05) is 11.8 Å². The van der Waals surface area contributed by atoms with Crippen LogP contribution < -0.4 is 0 Å². The van der Waals surface area contributed by atoms with Crippen molar-refractivity contribution in [2.75, 3.05) is 0 Å². The van der Waals surface area contributed by atoms with Gasteiger partial charge in [-0.2, -0.15) is 0 Å². The fourth-order valence-corrected chi connectivity index (χ4v) is 6.98. The van der Waals surface area contributed by atoms with Gasteiger partial charge in [-0.15, -0.1) is 0 Å². The number of carbonyl (C=O) groups excluding carboxylic acids is 1.